The summed E-state index contributed by atoms with van der Waals surface area (Å²) in [6.07, 6.45) is 3.56. The zero-order valence-electron chi connectivity index (χ0n) is 13.1. The van der Waals surface area contributed by atoms with E-state index in [1.165, 1.54) is 11.1 Å². The van der Waals surface area contributed by atoms with E-state index in [-0.39, 0.29) is 0 Å². The molecule has 6 heteroatoms. The van der Waals surface area contributed by atoms with Crippen LogP contribution >= 0.6 is 11.8 Å². The van der Waals surface area contributed by atoms with Crippen LogP contribution in [-0.2, 0) is 5.75 Å². The van der Waals surface area contributed by atoms with Gasteiger partial charge in [0.25, 0.3) is 0 Å². The Kier molecular flexibility index (Phi) is 3.96. The first-order chi connectivity index (χ1) is 11.8. The predicted octanol–water partition coefficient (Wildman–Crippen LogP) is 3.79. The molecule has 4 rings (SSSR count). The molecule has 0 saturated carbocycles. The Morgan fingerprint density at radius 1 is 1.00 bits per heavy atom. The van der Waals surface area contributed by atoms with Crippen molar-refractivity contribution >= 4 is 17.4 Å². The van der Waals surface area contributed by atoms with Gasteiger partial charge in [-0.15, -0.1) is 10.2 Å². The van der Waals surface area contributed by atoms with Crippen LogP contribution < -0.4 is 0 Å². The lowest BCUT2D eigenvalue weighted by Crippen LogP contribution is -1.96. The van der Waals surface area contributed by atoms with Crippen molar-refractivity contribution in [2.24, 2.45) is 0 Å². The molecule has 0 radical (unpaired) electrons. The second kappa shape index (κ2) is 6.41. The van der Waals surface area contributed by atoms with Crippen LogP contribution in [0.15, 0.2) is 66.1 Å². The molecular formula is C18H15N5S. The number of hydrogen-bond donors (Lipinski definition) is 0. The molecule has 3 aromatic heterocycles. The maximum absolute atomic E-state index is 4.66. The van der Waals surface area contributed by atoms with Crippen LogP contribution in [0.4, 0.5) is 0 Å². The van der Waals surface area contributed by atoms with Gasteiger partial charge in [0.15, 0.2) is 5.65 Å². The fourth-order valence-electron chi connectivity index (χ4n) is 2.36. The highest BCUT2D eigenvalue weighted by Gasteiger charge is 2.09. The molecular weight excluding hydrogens is 318 g/mol. The second-order valence-corrected chi connectivity index (χ2v) is 6.43. The van der Waals surface area contributed by atoms with E-state index in [0.717, 1.165) is 27.8 Å². The Bertz CT molecular complexity index is 964. The number of nitrogens with zero attached hydrogens (tertiary/aromatic N) is 5. The third-order valence-electron chi connectivity index (χ3n) is 3.68. The Hall–Kier alpha value is -2.73. The van der Waals surface area contributed by atoms with Gasteiger partial charge < -0.3 is 0 Å². The Balaban J connectivity index is 1.62. The Labute approximate surface area is 143 Å². The quantitative estimate of drug-likeness (QED) is 0.532. The molecule has 0 bridgehead atoms. The summed E-state index contributed by atoms with van der Waals surface area (Å²) in [6.45, 7) is 2.09. The molecule has 0 amide bonds. The number of thioether (sulfide) groups is 1. The fourth-order valence-corrected chi connectivity index (χ4v) is 3.20. The molecule has 0 saturated heterocycles. The number of rotatable bonds is 4. The summed E-state index contributed by atoms with van der Waals surface area (Å²) in [4.78, 5) is 4.15. The van der Waals surface area contributed by atoms with Crippen molar-refractivity contribution in [1.82, 2.24) is 24.8 Å². The molecule has 0 aliphatic heterocycles. The number of hydrogen-bond acceptors (Lipinski definition) is 5. The molecule has 0 N–H and O–H groups in total. The molecule has 0 fully saturated rings. The summed E-state index contributed by atoms with van der Waals surface area (Å²) in [6, 6.07) is 16.3. The molecule has 5 nitrogen and oxygen atoms in total. The van der Waals surface area contributed by atoms with Gasteiger partial charge in [-0.05, 0) is 36.8 Å². The highest BCUT2D eigenvalue weighted by Crippen LogP contribution is 2.23. The normalized spacial score (nSPS) is 11.0. The number of fused-ring (bicyclic) bond motifs is 1. The zero-order chi connectivity index (χ0) is 16.4. The molecule has 0 spiro atoms. The third kappa shape index (κ3) is 3.00. The van der Waals surface area contributed by atoms with Crippen molar-refractivity contribution < 1.29 is 0 Å². The summed E-state index contributed by atoms with van der Waals surface area (Å²) >= 11 is 1.63. The van der Waals surface area contributed by atoms with E-state index in [1.54, 1.807) is 28.7 Å². The van der Waals surface area contributed by atoms with Crippen LogP contribution in [0.25, 0.3) is 16.9 Å². The smallest absolute Gasteiger partial charge is 0.212 e. The van der Waals surface area contributed by atoms with E-state index in [1.807, 2.05) is 24.3 Å². The maximum Gasteiger partial charge on any atom is 0.212 e. The van der Waals surface area contributed by atoms with Gasteiger partial charge in [0.05, 0.1) is 5.69 Å². The van der Waals surface area contributed by atoms with Gasteiger partial charge in [0.1, 0.15) is 0 Å². The topological polar surface area (TPSA) is 56.0 Å². The van der Waals surface area contributed by atoms with Crippen LogP contribution in [-0.4, -0.2) is 24.8 Å². The minimum absolute atomic E-state index is 0.744. The molecule has 24 heavy (non-hydrogen) atoms. The van der Waals surface area contributed by atoms with Gasteiger partial charge in [-0.1, -0.05) is 41.6 Å². The SMILES string of the molecule is Cc1ccc(CSc2nnc3ccc(-c4cccnc4)nn23)cc1. The summed E-state index contributed by atoms with van der Waals surface area (Å²) in [7, 11) is 0. The molecule has 0 aliphatic carbocycles. The van der Waals surface area contributed by atoms with E-state index in [2.05, 4.69) is 51.5 Å². The van der Waals surface area contributed by atoms with Gasteiger partial charge in [0.2, 0.25) is 5.16 Å². The van der Waals surface area contributed by atoms with Crippen molar-refractivity contribution in [3.8, 4) is 11.3 Å². The van der Waals surface area contributed by atoms with E-state index in [0.29, 0.717) is 0 Å². The zero-order valence-corrected chi connectivity index (χ0v) is 13.9. The summed E-state index contributed by atoms with van der Waals surface area (Å²) in [5.41, 5.74) is 5.09. The molecule has 0 unspecified atom stereocenters. The minimum Gasteiger partial charge on any atom is -0.264 e. The van der Waals surface area contributed by atoms with Gasteiger partial charge >= 0.3 is 0 Å². The average Bonchev–Trinajstić information content (AvgIpc) is 3.04. The number of aryl methyl sites for hydroxylation is 1. The molecule has 0 atom stereocenters. The predicted molar refractivity (Wildman–Crippen MR) is 94.8 cm³/mol. The van der Waals surface area contributed by atoms with Crippen LogP contribution in [0.3, 0.4) is 0 Å². The van der Waals surface area contributed by atoms with Crippen LogP contribution in [0.2, 0.25) is 0 Å². The van der Waals surface area contributed by atoms with Crippen LogP contribution in [0, 0.1) is 6.92 Å². The largest absolute Gasteiger partial charge is 0.264 e. The maximum atomic E-state index is 4.66. The van der Waals surface area contributed by atoms with Crippen molar-refractivity contribution in [2.45, 2.75) is 17.8 Å². The second-order valence-electron chi connectivity index (χ2n) is 5.49. The average molecular weight is 333 g/mol. The summed E-state index contributed by atoms with van der Waals surface area (Å²) < 4.78 is 1.79. The highest BCUT2D eigenvalue weighted by molar-refractivity contribution is 7.98. The van der Waals surface area contributed by atoms with Crippen molar-refractivity contribution in [3.63, 3.8) is 0 Å². The third-order valence-corrected chi connectivity index (χ3v) is 4.67. The monoisotopic (exact) mass is 333 g/mol. The summed E-state index contributed by atoms with van der Waals surface area (Å²) in [5, 5.41) is 13.9. The number of benzene rings is 1. The fraction of sp³-hybridized carbons (Fsp3) is 0.111. The van der Waals surface area contributed by atoms with E-state index < -0.39 is 0 Å². The minimum atomic E-state index is 0.744. The molecule has 4 aromatic rings. The van der Waals surface area contributed by atoms with Gasteiger partial charge in [-0.3, -0.25) is 4.98 Å². The Morgan fingerprint density at radius 3 is 2.67 bits per heavy atom. The molecule has 118 valence electrons. The van der Waals surface area contributed by atoms with E-state index >= 15 is 0 Å². The lowest BCUT2D eigenvalue weighted by molar-refractivity contribution is 0.812. The van der Waals surface area contributed by atoms with Crippen molar-refractivity contribution in [1.29, 1.82) is 0 Å². The highest BCUT2D eigenvalue weighted by atomic mass is 32.2. The Morgan fingerprint density at radius 2 is 1.88 bits per heavy atom. The first-order valence-electron chi connectivity index (χ1n) is 7.61. The lowest BCUT2D eigenvalue weighted by atomic mass is 10.2. The number of aromatic nitrogens is 5. The first kappa shape index (κ1) is 14.8. The van der Waals surface area contributed by atoms with Crippen molar-refractivity contribution in [2.75, 3.05) is 0 Å². The van der Waals surface area contributed by atoms with Crippen LogP contribution in [0.1, 0.15) is 11.1 Å². The van der Waals surface area contributed by atoms with Gasteiger partial charge in [0, 0.05) is 23.7 Å². The number of pyridine rings is 1. The summed E-state index contributed by atoms with van der Waals surface area (Å²) in [5.74, 6) is 0.833. The molecule has 3 heterocycles. The van der Waals surface area contributed by atoms with Crippen molar-refractivity contribution in [3.05, 3.63) is 72.1 Å². The van der Waals surface area contributed by atoms with Gasteiger partial charge in [-0.2, -0.15) is 9.61 Å². The van der Waals surface area contributed by atoms with Crippen LogP contribution in [0.5, 0.6) is 0 Å². The molecule has 1 aromatic carbocycles. The van der Waals surface area contributed by atoms with Gasteiger partial charge in [-0.25, -0.2) is 0 Å². The van der Waals surface area contributed by atoms with E-state index in [9.17, 15) is 0 Å². The standard InChI is InChI=1S/C18H15N5S/c1-13-4-6-14(7-5-13)12-24-18-21-20-17-9-8-16(22-23(17)18)15-3-2-10-19-11-15/h2-11H,12H2,1H3. The lowest BCUT2D eigenvalue weighted by Gasteiger charge is -2.03. The first-order valence-corrected chi connectivity index (χ1v) is 8.59. The van der Waals surface area contributed by atoms with E-state index in [4.69, 9.17) is 0 Å². The molecule has 0 aliphatic rings.